The first kappa shape index (κ1) is 20.7. The minimum absolute atomic E-state index is 0.0915. The Labute approximate surface area is 173 Å². The number of fused-ring (bicyclic) bond motifs is 1. The van der Waals surface area contributed by atoms with Gasteiger partial charge < -0.3 is 14.8 Å². The Hall–Kier alpha value is -3.00. The smallest absolute Gasteiger partial charge is 0.262 e. The van der Waals surface area contributed by atoms with Crippen molar-refractivity contribution in [3.63, 3.8) is 0 Å². The highest BCUT2D eigenvalue weighted by molar-refractivity contribution is 7.99. The van der Waals surface area contributed by atoms with Crippen molar-refractivity contribution < 1.29 is 14.3 Å². The first-order chi connectivity index (χ1) is 14.1. The molecule has 3 aromatic rings. The van der Waals surface area contributed by atoms with Gasteiger partial charge in [0.05, 0.1) is 30.3 Å². The molecule has 0 fully saturated rings. The number of hydrogen-bond donors (Lipinski definition) is 1. The fraction of sp³-hybridized carbons (Fsp3) is 0.286. The van der Waals surface area contributed by atoms with Gasteiger partial charge in [-0.3, -0.25) is 14.2 Å². The molecule has 8 heteroatoms. The zero-order valence-electron chi connectivity index (χ0n) is 16.4. The van der Waals surface area contributed by atoms with Gasteiger partial charge in [-0.05, 0) is 31.2 Å². The number of aromatic nitrogens is 2. The molecule has 0 saturated carbocycles. The first-order valence-corrected chi connectivity index (χ1v) is 10.3. The lowest BCUT2D eigenvalue weighted by Gasteiger charge is -2.12. The van der Waals surface area contributed by atoms with Crippen molar-refractivity contribution >= 4 is 28.6 Å². The van der Waals surface area contributed by atoms with Crippen LogP contribution in [0.15, 0.2) is 58.5 Å². The van der Waals surface area contributed by atoms with Gasteiger partial charge in [0.2, 0.25) is 5.91 Å². The molecule has 152 valence electrons. The molecule has 0 radical (unpaired) electrons. The number of para-hydroxylation sites is 3. The second-order valence-corrected chi connectivity index (χ2v) is 7.04. The SMILES string of the molecule is CCn1c(SCC(=O)NCCOc2ccccc2OC)nc2ccccc2c1=O. The number of nitrogens with zero attached hydrogens (tertiary/aromatic N) is 2. The van der Waals surface area contributed by atoms with Crippen molar-refractivity contribution in [1.29, 1.82) is 0 Å². The Kier molecular flexibility index (Phi) is 7.13. The molecule has 0 bridgehead atoms. The third-order valence-electron chi connectivity index (χ3n) is 4.23. The van der Waals surface area contributed by atoms with E-state index in [-0.39, 0.29) is 17.2 Å². The summed E-state index contributed by atoms with van der Waals surface area (Å²) in [6, 6.07) is 14.6. The summed E-state index contributed by atoms with van der Waals surface area (Å²) in [5.41, 5.74) is 0.543. The van der Waals surface area contributed by atoms with E-state index in [1.54, 1.807) is 23.8 Å². The van der Waals surface area contributed by atoms with Crippen LogP contribution in [-0.2, 0) is 11.3 Å². The van der Waals surface area contributed by atoms with Crippen LogP contribution in [0.3, 0.4) is 0 Å². The molecular weight excluding hydrogens is 390 g/mol. The van der Waals surface area contributed by atoms with E-state index in [1.165, 1.54) is 11.8 Å². The van der Waals surface area contributed by atoms with Crippen molar-refractivity contribution in [2.75, 3.05) is 26.0 Å². The van der Waals surface area contributed by atoms with E-state index >= 15 is 0 Å². The minimum Gasteiger partial charge on any atom is -0.493 e. The predicted octanol–water partition coefficient (Wildman–Crippen LogP) is 2.71. The van der Waals surface area contributed by atoms with E-state index in [0.717, 1.165) is 0 Å². The highest BCUT2D eigenvalue weighted by atomic mass is 32.2. The highest BCUT2D eigenvalue weighted by Gasteiger charge is 2.12. The minimum atomic E-state index is -0.149. The van der Waals surface area contributed by atoms with Crippen LogP contribution in [0.4, 0.5) is 0 Å². The average molecular weight is 413 g/mol. The summed E-state index contributed by atoms with van der Waals surface area (Å²) in [5.74, 6) is 1.29. The molecule has 1 aromatic heterocycles. The second kappa shape index (κ2) is 9.97. The molecule has 0 unspecified atom stereocenters. The van der Waals surface area contributed by atoms with Gasteiger partial charge in [-0.1, -0.05) is 36.0 Å². The Bertz CT molecular complexity index is 1050. The number of thioether (sulfide) groups is 1. The number of carbonyl (C=O) groups is 1. The maximum Gasteiger partial charge on any atom is 0.262 e. The Morgan fingerprint density at radius 2 is 1.86 bits per heavy atom. The second-order valence-electron chi connectivity index (χ2n) is 6.10. The van der Waals surface area contributed by atoms with Crippen LogP contribution in [0.1, 0.15) is 6.92 Å². The number of amides is 1. The van der Waals surface area contributed by atoms with Gasteiger partial charge in [-0.15, -0.1) is 0 Å². The van der Waals surface area contributed by atoms with Gasteiger partial charge >= 0.3 is 0 Å². The van der Waals surface area contributed by atoms with E-state index in [0.29, 0.717) is 47.3 Å². The zero-order valence-corrected chi connectivity index (χ0v) is 17.2. The Balaban J connectivity index is 1.54. The fourth-order valence-electron chi connectivity index (χ4n) is 2.81. The quantitative estimate of drug-likeness (QED) is 0.330. The maximum absolute atomic E-state index is 12.6. The van der Waals surface area contributed by atoms with Crippen molar-refractivity contribution in [3.8, 4) is 11.5 Å². The van der Waals surface area contributed by atoms with Gasteiger partial charge in [0.15, 0.2) is 16.7 Å². The number of methoxy groups -OCH3 is 1. The zero-order chi connectivity index (χ0) is 20.6. The molecule has 2 aromatic carbocycles. The molecule has 29 heavy (non-hydrogen) atoms. The van der Waals surface area contributed by atoms with Crippen LogP contribution in [-0.4, -0.2) is 41.5 Å². The molecule has 1 heterocycles. The third kappa shape index (κ3) is 5.08. The molecule has 0 aliphatic heterocycles. The van der Waals surface area contributed by atoms with Crippen LogP contribution in [0.5, 0.6) is 11.5 Å². The summed E-state index contributed by atoms with van der Waals surface area (Å²) >= 11 is 1.25. The Morgan fingerprint density at radius 3 is 2.62 bits per heavy atom. The summed E-state index contributed by atoms with van der Waals surface area (Å²) in [7, 11) is 1.58. The number of hydrogen-bond acceptors (Lipinski definition) is 6. The van der Waals surface area contributed by atoms with Crippen LogP contribution < -0.4 is 20.3 Å². The number of carbonyl (C=O) groups excluding carboxylic acids is 1. The topological polar surface area (TPSA) is 82.5 Å². The molecular formula is C21H23N3O4S. The van der Waals surface area contributed by atoms with Crippen LogP contribution in [0.2, 0.25) is 0 Å². The van der Waals surface area contributed by atoms with Crippen molar-refractivity contribution in [3.05, 3.63) is 58.9 Å². The highest BCUT2D eigenvalue weighted by Crippen LogP contribution is 2.25. The number of rotatable bonds is 9. The van der Waals surface area contributed by atoms with E-state index in [4.69, 9.17) is 9.47 Å². The molecule has 0 aliphatic rings. The molecule has 0 spiro atoms. The molecule has 0 saturated heterocycles. The first-order valence-electron chi connectivity index (χ1n) is 9.29. The molecule has 1 amide bonds. The molecule has 3 rings (SSSR count). The number of ether oxygens (including phenoxy) is 2. The fourth-order valence-corrected chi connectivity index (χ4v) is 3.70. The largest absolute Gasteiger partial charge is 0.493 e. The van der Waals surface area contributed by atoms with E-state index < -0.39 is 0 Å². The van der Waals surface area contributed by atoms with Gasteiger partial charge in [0.25, 0.3) is 5.56 Å². The lowest BCUT2D eigenvalue weighted by Crippen LogP contribution is -2.30. The normalized spacial score (nSPS) is 10.7. The number of nitrogens with one attached hydrogen (secondary N) is 1. The Morgan fingerprint density at radius 1 is 1.14 bits per heavy atom. The van der Waals surface area contributed by atoms with Gasteiger partial charge in [0.1, 0.15) is 6.61 Å². The summed E-state index contributed by atoms with van der Waals surface area (Å²) in [4.78, 5) is 29.3. The number of benzene rings is 2. The molecule has 7 nitrogen and oxygen atoms in total. The van der Waals surface area contributed by atoms with Crippen LogP contribution in [0, 0.1) is 0 Å². The standard InChI is InChI=1S/C21H23N3O4S/c1-3-24-20(26)15-8-4-5-9-16(15)23-21(24)29-14-19(25)22-12-13-28-18-11-7-6-10-17(18)27-2/h4-11H,3,12-14H2,1-2H3,(H,22,25). The van der Waals surface area contributed by atoms with E-state index in [9.17, 15) is 9.59 Å². The predicted molar refractivity (Wildman–Crippen MR) is 114 cm³/mol. The van der Waals surface area contributed by atoms with E-state index in [2.05, 4.69) is 10.3 Å². The van der Waals surface area contributed by atoms with E-state index in [1.807, 2.05) is 43.3 Å². The summed E-state index contributed by atoms with van der Waals surface area (Å²) < 4.78 is 12.4. The van der Waals surface area contributed by atoms with Gasteiger partial charge in [0, 0.05) is 6.54 Å². The summed E-state index contributed by atoms with van der Waals surface area (Å²) in [5, 5.41) is 3.93. The average Bonchev–Trinajstić information content (AvgIpc) is 2.75. The van der Waals surface area contributed by atoms with Gasteiger partial charge in [-0.2, -0.15) is 0 Å². The van der Waals surface area contributed by atoms with Crippen molar-refractivity contribution in [2.45, 2.75) is 18.6 Å². The molecule has 0 atom stereocenters. The van der Waals surface area contributed by atoms with Gasteiger partial charge in [-0.25, -0.2) is 4.98 Å². The molecule has 0 aliphatic carbocycles. The van der Waals surface area contributed by atoms with Crippen LogP contribution >= 0.6 is 11.8 Å². The lowest BCUT2D eigenvalue weighted by atomic mass is 10.2. The van der Waals surface area contributed by atoms with Crippen molar-refractivity contribution in [2.24, 2.45) is 0 Å². The third-order valence-corrected chi connectivity index (χ3v) is 5.20. The summed E-state index contributed by atoms with van der Waals surface area (Å²) in [6.07, 6.45) is 0. The van der Waals surface area contributed by atoms with Crippen molar-refractivity contribution in [1.82, 2.24) is 14.9 Å². The molecule has 1 N–H and O–H groups in total. The maximum atomic E-state index is 12.6. The monoisotopic (exact) mass is 413 g/mol. The van der Waals surface area contributed by atoms with Crippen LogP contribution in [0.25, 0.3) is 10.9 Å². The lowest BCUT2D eigenvalue weighted by molar-refractivity contribution is -0.118. The summed E-state index contributed by atoms with van der Waals surface area (Å²) in [6.45, 7) is 3.07.